The van der Waals surface area contributed by atoms with Gasteiger partial charge in [0.25, 0.3) is 5.91 Å². The minimum atomic E-state index is -0.238. The van der Waals surface area contributed by atoms with Crippen LogP contribution in [0.5, 0.6) is 0 Å². The summed E-state index contributed by atoms with van der Waals surface area (Å²) in [5.74, 6) is -0.391. The SMILES string of the molecule is O=C(NCCc1ccccc1F)c1cccc2cc[nH]c12. The molecule has 0 aliphatic carbocycles. The van der Waals surface area contributed by atoms with Crippen molar-refractivity contribution in [2.75, 3.05) is 6.54 Å². The van der Waals surface area contributed by atoms with Crippen molar-refractivity contribution in [2.24, 2.45) is 0 Å². The molecule has 0 spiro atoms. The van der Waals surface area contributed by atoms with Crippen molar-refractivity contribution in [3.8, 4) is 0 Å². The predicted molar refractivity (Wildman–Crippen MR) is 80.7 cm³/mol. The Labute approximate surface area is 121 Å². The molecule has 3 rings (SSSR count). The smallest absolute Gasteiger partial charge is 0.253 e. The Balaban J connectivity index is 1.67. The third kappa shape index (κ3) is 2.79. The van der Waals surface area contributed by atoms with E-state index in [4.69, 9.17) is 0 Å². The van der Waals surface area contributed by atoms with Crippen LogP contribution in [0.15, 0.2) is 54.7 Å². The number of para-hydroxylation sites is 1. The van der Waals surface area contributed by atoms with Crippen molar-refractivity contribution in [2.45, 2.75) is 6.42 Å². The van der Waals surface area contributed by atoms with Gasteiger partial charge in [-0.15, -0.1) is 0 Å². The number of benzene rings is 2. The van der Waals surface area contributed by atoms with Gasteiger partial charge in [-0.05, 0) is 30.2 Å². The monoisotopic (exact) mass is 282 g/mol. The first-order chi connectivity index (χ1) is 10.3. The molecule has 21 heavy (non-hydrogen) atoms. The molecule has 0 saturated heterocycles. The Morgan fingerprint density at radius 3 is 2.81 bits per heavy atom. The zero-order chi connectivity index (χ0) is 14.7. The molecule has 1 aromatic heterocycles. The summed E-state index contributed by atoms with van der Waals surface area (Å²) in [6, 6.07) is 14.1. The van der Waals surface area contributed by atoms with Crippen LogP contribution in [0, 0.1) is 5.82 Å². The van der Waals surface area contributed by atoms with Crippen LogP contribution in [0.3, 0.4) is 0 Å². The number of carbonyl (C=O) groups excluding carboxylic acids is 1. The molecule has 0 radical (unpaired) electrons. The van der Waals surface area contributed by atoms with Crippen LogP contribution < -0.4 is 5.32 Å². The fourth-order valence-corrected chi connectivity index (χ4v) is 2.38. The van der Waals surface area contributed by atoms with E-state index in [0.717, 1.165) is 10.9 Å². The van der Waals surface area contributed by atoms with E-state index in [1.54, 1.807) is 30.5 Å². The van der Waals surface area contributed by atoms with Crippen molar-refractivity contribution in [3.05, 3.63) is 71.7 Å². The van der Waals surface area contributed by atoms with E-state index in [-0.39, 0.29) is 11.7 Å². The molecule has 4 heteroatoms. The predicted octanol–water partition coefficient (Wildman–Crippen LogP) is 3.28. The van der Waals surface area contributed by atoms with E-state index in [1.807, 2.05) is 18.2 Å². The first-order valence-electron chi connectivity index (χ1n) is 6.83. The summed E-state index contributed by atoms with van der Waals surface area (Å²) in [4.78, 5) is 15.3. The molecule has 0 aliphatic rings. The lowest BCUT2D eigenvalue weighted by atomic mass is 10.1. The van der Waals surface area contributed by atoms with Gasteiger partial charge in [-0.3, -0.25) is 4.79 Å². The number of aromatic nitrogens is 1. The van der Waals surface area contributed by atoms with Gasteiger partial charge in [0.15, 0.2) is 0 Å². The Kier molecular flexibility index (Phi) is 3.69. The molecule has 0 bridgehead atoms. The number of hydrogen-bond acceptors (Lipinski definition) is 1. The lowest BCUT2D eigenvalue weighted by molar-refractivity contribution is 0.0955. The molecule has 1 heterocycles. The Morgan fingerprint density at radius 2 is 1.95 bits per heavy atom. The van der Waals surface area contributed by atoms with Gasteiger partial charge in [0.1, 0.15) is 5.82 Å². The highest BCUT2D eigenvalue weighted by Gasteiger charge is 2.10. The van der Waals surface area contributed by atoms with E-state index >= 15 is 0 Å². The van der Waals surface area contributed by atoms with Gasteiger partial charge >= 0.3 is 0 Å². The van der Waals surface area contributed by atoms with Crippen LogP contribution in [0.1, 0.15) is 15.9 Å². The van der Waals surface area contributed by atoms with Crippen LogP contribution in [0.2, 0.25) is 0 Å². The summed E-state index contributed by atoms with van der Waals surface area (Å²) in [5.41, 5.74) is 2.03. The van der Waals surface area contributed by atoms with Crippen LogP contribution in [-0.4, -0.2) is 17.4 Å². The van der Waals surface area contributed by atoms with Crippen molar-refractivity contribution in [1.82, 2.24) is 10.3 Å². The van der Waals surface area contributed by atoms with Crippen molar-refractivity contribution in [3.63, 3.8) is 0 Å². The van der Waals surface area contributed by atoms with Crippen molar-refractivity contribution >= 4 is 16.8 Å². The van der Waals surface area contributed by atoms with E-state index < -0.39 is 0 Å². The maximum Gasteiger partial charge on any atom is 0.253 e. The summed E-state index contributed by atoms with van der Waals surface area (Å²) < 4.78 is 13.5. The second-order valence-corrected chi connectivity index (χ2v) is 4.84. The second-order valence-electron chi connectivity index (χ2n) is 4.84. The average molecular weight is 282 g/mol. The first kappa shape index (κ1) is 13.4. The van der Waals surface area contributed by atoms with Gasteiger partial charge < -0.3 is 10.3 Å². The largest absolute Gasteiger partial charge is 0.361 e. The number of hydrogen-bond donors (Lipinski definition) is 2. The zero-order valence-corrected chi connectivity index (χ0v) is 11.4. The number of H-pyrrole nitrogens is 1. The van der Waals surface area contributed by atoms with Gasteiger partial charge in [-0.25, -0.2) is 4.39 Å². The molecule has 3 nitrogen and oxygen atoms in total. The average Bonchev–Trinajstić information content (AvgIpc) is 2.97. The zero-order valence-electron chi connectivity index (χ0n) is 11.4. The number of nitrogens with one attached hydrogen (secondary N) is 2. The van der Waals surface area contributed by atoms with Gasteiger partial charge in [0, 0.05) is 18.1 Å². The molecule has 106 valence electrons. The Bertz CT molecular complexity index is 779. The highest BCUT2D eigenvalue weighted by molar-refractivity contribution is 6.05. The highest BCUT2D eigenvalue weighted by atomic mass is 19.1. The highest BCUT2D eigenvalue weighted by Crippen LogP contribution is 2.16. The molecular weight excluding hydrogens is 267 g/mol. The van der Waals surface area contributed by atoms with E-state index in [9.17, 15) is 9.18 Å². The van der Waals surface area contributed by atoms with Crippen LogP contribution >= 0.6 is 0 Å². The van der Waals surface area contributed by atoms with Crippen molar-refractivity contribution < 1.29 is 9.18 Å². The molecule has 0 saturated carbocycles. The standard InChI is InChI=1S/C17H15FN2O/c18-15-7-2-1-4-12(15)8-11-20-17(21)14-6-3-5-13-9-10-19-16(13)14/h1-7,9-10,19H,8,11H2,(H,20,21). The van der Waals surface area contributed by atoms with E-state index in [2.05, 4.69) is 10.3 Å². The number of rotatable bonds is 4. The fraction of sp³-hybridized carbons (Fsp3) is 0.118. The minimum absolute atomic E-state index is 0.153. The van der Waals surface area contributed by atoms with Crippen molar-refractivity contribution in [1.29, 1.82) is 0 Å². The third-order valence-electron chi connectivity index (χ3n) is 3.47. The van der Waals surface area contributed by atoms with Crippen LogP contribution in [0.25, 0.3) is 10.9 Å². The molecule has 0 aliphatic heterocycles. The Hall–Kier alpha value is -2.62. The van der Waals surface area contributed by atoms with E-state index in [1.165, 1.54) is 6.07 Å². The molecule has 3 aromatic rings. The number of aromatic amines is 1. The number of halogens is 1. The molecule has 0 unspecified atom stereocenters. The molecule has 2 aromatic carbocycles. The molecule has 2 N–H and O–H groups in total. The summed E-state index contributed by atoms with van der Waals surface area (Å²) in [6.45, 7) is 0.400. The minimum Gasteiger partial charge on any atom is -0.361 e. The maximum absolute atomic E-state index is 13.5. The summed E-state index contributed by atoms with van der Waals surface area (Å²) >= 11 is 0. The van der Waals surface area contributed by atoms with Gasteiger partial charge in [-0.1, -0.05) is 30.3 Å². The summed E-state index contributed by atoms with van der Waals surface area (Å²) in [5, 5.41) is 3.83. The summed E-state index contributed by atoms with van der Waals surface area (Å²) in [6.07, 6.45) is 2.28. The normalized spacial score (nSPS) is 10.7. The van der Waals surface area contributed by atoms with Gasteiger partial charge in [0.2, 0.25) is 0 Å². The maximum atomic E-state index is 13.5. The fourth-order valence-electron chi connectivity index (χ4n) is 2.38. The van der Waals surface area contributed by atoms with E-state index in [0.29, 0.717) is 24.1 Å². The number of amides is 1. The Morgan fingerprint density at radius 1 is 1.10 bits per heavy atom. The quantitative estimate of drug-likeness (QED) is 0.758. The molecular formula is C17H15FN2O. The summed E-state index contributed by atoms with van der Waals surface area (Å²) in [7, 11) is 0. The molecule has 1 amide bonds. The number of carbonyl (C=O) groups is 1. The van der Waals surface area contributed by atoms with Crippen LogP contribution in [0.4, 0.5) is 4.39 Å². The first-order valence-corrected chi connectivity index (χ1v) is 6.83. The lowest BCUT2D eigenvalue weighted by Crippen LogP contribution is -2.26. The third-order valence-corrected chi connectivity index (χ3v) is 3.47. The molecule has 0 atom stereocenters. The second kappa shape index (κ2) is 5.79. The van der Waals surface area contributed by atoms with Gasteiger partial charge in [0.05, 0.1) is 11.1 Å². The van der Waals surface area contributed by atoms with Gasteiger partial charge in [-0.2, -0.15) is 0 Å². The van der Waals surface area contributed by atoms with Crippen LogP contribution in [-0.2, 0) is 6.42 Å². The topological polar surface area (TPSA) is 44.9 Å². The lowest BCUT2D eigenvalue weighted by Gasteiger charge is -2.07. The number of fused-ring (bicyclic) bond motifs is 1. The molecule has 0 fully saturated rings.